The highest BCUT2D eigenvalue weighted by Gasteiger charge is 2.12. The third kappa shape index (κ3) is 3.29. The van der Waals surface area contributed by atoms with E-state index in [1.54, 1.807) is 18.3 Å². The minimum Gasteiger partial charge on any atom is -0.352 e. The Bertz CT molecular complexity index is 631. The molecule has 1 unspecified atom stereocenters. The number of carbonyl (C=O) groups excluding carboxylic acids is 1. The topological polar surface area (TPSA) is 44.9 Å². The van der Waals surface area contributed by atoms with Crippen LogP contribution >= 0.6 is 12.2 Å². The standard InChI is InChI=1S/C15H16N2OS/c1-10-5-7-12(8-6-10)11(2)17-14(18)13-4-3-9-16-15(13)19/h3-9,11H,1-2H3,(H,16,19)(H,17,18). The van der Waals surface area contributed by atoms with Gasteiger partial charge in [-0.05, 0) is 31.5 Å². The summed E-state index contributed by atoms with van der Waals surface area (Å²) >= 11 is 5.10. The van der Waals surface area contributed by atoms with Crippen LogP contribution in [0.25, 0.3) is 0 Å². The lowest BCUT2D eigenvalue weighted by atomic mass is 10.1. The lowest BCUT2D eigenvalue weighted by Gasteiger charge is -2.14. The van der Waals surface area contributed by atoms with Crippen LogP contribution in [0.5, 0.6) is 0 Å². The first kappa shape index (κ1) is 13.5. The fraction of sp³-hybridized carbons (Fsp3) is 0.200. The number of aryl methyl sites for hydroxylation is 1. The van der Waals surface area contributed by atoms with Gasteiger partial charge >= 0.3 is 0 Å². The minimum atomic E-state index is -0.157. The molecule has 1 amide bonds. The van der Waals surface area contributed by atoms with Crippen molar-refractivity contribution in [3.8, 4) is 0 Å². The summed E-state index contributed by atoms with van der Waals surface area (Å²) in [6.07, 6.45) is 1.71. The molecule has 0 aliphatic heterocycles. The van der Waals surface area contributed by atoms with Crippen LogP contribution in [-0.4, -0.2) is 10.9 Å². The van der Waals surface area contributed by atoms with E-state index in [0.717, 1.165) is 5.56 Å². The van der Waals surface area contributed by atoms with Gasteiger partial charge in [0.25, 0.3) is 5.91 Å². The number of aromatic amines is 1. The van der Waals surface area contributed by atoms with Crippen LogP contribution in [0.4, 0.5) is 0 Å². The first-order valence-corrected chi connectivity index (χ1v) is 6.54. The monoisotopic (exact) mass is 272 g/mol. The Labute approximate surface area is 117 Å². The summed E-state index contributed by atoms with van der Waals surface area (Å²) in [5.41, 5.74) is 2.77. The van der Waals surface area contributed by atoms with Gasteiger partial charge in [0.1, 0.15) is 4.64 Å². The first-order valence-electron chi connectivity index (χ1n) is 6.13. The van der Waals surface area contributed by atoms with Crippen molar-refractivity contribution in [2.45, 2.75) is 19.9 Å². The molecule has 0 bridgehead atoms. The van der Waals surface area contributed by atoms with Crippen LogP contribution in [0.3, 0.4) is 0 Å². The molecule has 98 valence electrons. The molecule has 0 radical (unpaired) electrons. The zero-order valence-electron chi connectivity index (χ0n) is 10.9. The van der Waals surface area contributed by atoms with Gasteiger partial charge in [-0.25, -0.2) is 0 Å². The lowest BCUT2D eigenvalue weighted by molar-refractivity contribution is 0.0939. The van der Waals surface area contributed by atoms with Gasteiger partial charge in [0, 0.05) is 6.20 Å². The van der Waals surface area contributed by atoms with Crippen molar-refractivity contribution in [1.82, 2.24) is 10.3 Å². The highest BCUT2D eigenvalue weighted by atomic mass is 32.1. The van der Waals surface area contributed by atoms with Crippen molar-refractivity contribution in [2.24, 2.45) is 0 Å². The molecule has 19 heavy (non-hydrogen) atoms. The van der Waals surface area contributed by atoms with Crippen molar-refractivity contribution in [2.75, 3.05) is 0 Å². The molecular formula is C15H16N2OS. The number of aromatic nitrogens is 1. The smallest absolute Gasteiger partial charge is 0.254 e. The maximum absolute atomic E-state index is 12.1. The predicted octanol–water partition coefficient (Wildman–Crippen LogP) is 3.54. The Morgan fingerprint density at radius 1 is 1.26 bits per heavy atom. The number of carbonyl (C=O) groups is 1. The molecule has 3 nitrogen and oxygen atoms in total. The van der Waals surface area contributed by atoms with Crippen molar-refractivity contribution in [3.05, 3.63) is 63.9 Å². The highest BCUT2D eigenvalue weighted by molar-refractivity contribution is 7.71. The van der Waals surface area contributed by atoms with E-state index in [0.29, 0.717) is 10.2 Å². The Balaban J connectivity index is 2.13. The number of hydrogen-bond acceptors (Lipinski definition) is 2. The van der Waals surface area contributed by atoms with Crippen LogP contribution in [0.15, 0.2) is 42.6 Å². The molecule has 0 saturated heterocycles. The third-order valence-corrected chi connectivity index (χ3v) is 3.33. The van der Waals surface area contributed by atoms with Gasteiger partial charge in [0.2, 0.25) is 0 Å². The van der Waals surface area contributed by atoms with Crippen LogP contribution in [0.2, 0.25) is 0 Å². The van der Waals surface area contributed by atoms with E-state index in [4.69, 9.17) is 12.2 Å². The van der Waals surface area contributed by atoms with Gasteiger partial charge < -0.3 is 10.3 Å². The molecule has 1 heterocycles. The fourth-order valence-corrected chi connectivity index (χ4v) is 2.04. The number of benzene rings is 1. The summed E-state index contributed by atoms with van der Waals surface area (Å²) in [5, 5.41) is 2.95. The molecular weight excluding hydrogens is 256 g/mol. The summed E-state index contributed by atoms with van der Waals surface area (Å²) in [4.78, 5) is 15.0. The Morgan fingerprint density at radius 3 is 2.58 bits per heavy atom. The molecule has 1 aromatic carbocycles. The summed E-state index contributed by atoms with van der Waals surface area (Å²) in [6, 6.07) is 11.5. The van der Waals surface area contributed by atoms with E-state index in [9.17, 15) is 4.79 Å². The summed E-state index contributed by atoms with van der Waals surface area (Å²) in [5.74, 6) is -0.157. The zero-order chi connectivity index (χ0) is 13.8. The number of rotatable bonds is 3. The molecule has 1 atom stereocenters. The van der Waals surface area contributed by atoms with Crippen LogP contribution in [0.1, 0.15) is 34.5 Å². The van der Waals surface area contributed by atoms with Crippen LogP contribution < -0.4 is 5.32 Å². The van der Waals surface area contributed by atoms with E-state index in [1.165, 1.54) is 5.56 Å². The van der Waals surface area contributed by atoms with Crippen molar-refractivity contribution in [3.63, 3.8) is 0 Å². The van der Waals surface area contributed by atoms with E-state index in [-0.39, 0.29) is 11.9 Å². The second-order valence-electron chi connectivity index (χ2n) is 4.52. The largest absolute Gasteiger partial charge is 0.352 e. The molecule has 1 aromatic heterocycles. The summed E-state index contributed by atoms with van der Waals surface area (Å²) in [6.45, 7) is 3.99. The van der Waals surface area contributed by atoms with Gasteiger partial charge in [-0.1, -0.05) is 42.0 Å². The molecule has 2 rings (SSSR count). The molecule has 2 N–H and O–H groups in total. The SMILES string of the molecule is Cc1ccc(C(C)NC(=O)c2ccc[nH]c2=S)cc1. The van der Waals surface area contributed by atoms with Gasteiger partial charge in [0.05, 0.1) is 11.6 Å². The predicted molar refractivity (Wildman–Crippen MR) is 78.7 cm³/mol. The maximum Gasteiger partial charge on any atom is 0.254 e. The lowest BCUT2D eigenvalue weighted by Crippen LogP contribution is -2.27. The Hall–Kier alpha value is -1.94. The number of pyridine rings is 1. The summed E-state index contributed by atoms with van der Waals surface area (Å²) in [7, 11) is 0. The number of hydrogen-bond donors (Lipinski definition) is 2. The van der Waals surface area contributed by atoms with Gasteiger partial charge in [0.15, 0.2) is 0 Å². The highest BCUT2D eigenvalue weighted by Crippen LogP contribution is 2.14. The average Bonchev–Trinajstić information content (AvgIpc) is 2.39. The number of amides is 1. The van der Waals surface area contributed by atoms with E-state index in [2.05, 4.69) is 10.3 Å². The van der Waals surface area contributed by atoms with E-state index < -0.39 is 0 Å². The average molecular weight is 272 g/mol. The van der Waals surface area contributed by atoms with Crippen molar-refractivity contribution < 1.29 is 4.79 Å². The molecule has 4 heteroatoms. The fourth-order valence-electron chi connectivity index (χ4n) is 1.81. The zero-order valence-corrected chi connectivity index (χ0v) is 11.8. The van der Waals surface area contributed by atoms with Crippen molar-refractivity contribution >= 4 is 18.1 Å². The number of H-pyrrole nitrogens is 1. The third-order valence-electron chi connectivity index (χ3n) is 2.99. The molecule has 0 aliphatic carbocycles. The summed E-state index contributed by atoms with van der Waals surface area (Å²) < 4.78 is 0.455. The van der Waals surface area contributed by atoms with Gasteiger partial charge in [-0.3, -0.25) is 4.79 Å². The van der Waals surface area contributed by atoms with Crippen LogP contribution in [-0.2, 0) is 0 Å². The molecule has 0 aliphatic rings. The van der Waals surface area contributed by atoms with E-state index in [1.807, 2.05) is 38.1 Å². The van der Waals surface area contributed by atoms with Gasteiger partial charge in [-0.2, -0.15) is 0 Å². The normalized spacial score (nSPS) is 11.9. The Kier molecular flexibility index (Phi) is 4.12. The number of nitrogens with one attached hydrogen (secondary N) is 2. The van der Waals surface area contributed by atoms with Gasteiger partial charge in [-0.15, -0.1) is 0 Å². The first-order chi connectivity index (χ1) is 9.08. The molecule has 2 aromatic rings. The molecule has 0 fully saturated rings. The quantitative estimate of drug-likeness (QED) is 0.839. The Morgan fingerprint density at radius 2 is 1.95 bits per heavy atom. The maximum atomic E-state index is 12.1. The second-order valence-corrected chi connectivity index (χ2v) is 4.93. The van der Waals surface area contributed by atoms with E-state index >= 15 is 0 Å². The van der Waals surface area contributed by atoms with Crippen LogP contribution in [0, 0.1) is 11.6 Å². The molecule has 0 spiro atoms. The van der Waals surface area contributed by atoms with Crippen molar-refractivity contribution in [1.29, 1.82) is 0 Å². The second kappa shape index (κ2) is 5.80. The minimum absolute atomic E-state index is 0.0530. The molecule has 0 saturated carbocycles.